The van der Waals surface area contributed by atoms with Gasteiger partial charge in [0.1, 0.15) is 0 Å². The number of amides is 1. The van der Waals surface area contributed by atoms with Crippen LogP contribution in [-0.4, -0.2) is 31.3 Å². The van der Waals surface area contributed by atoms with Crippen LogP contribution in [0.4, 0.5) is 13.2 Å². The number of halogens is 3. The van der Waals surface area contributed by atoms with Crippen molar-refractivity contribution in [3.63, 3.8) is 0 Å². The molecule has 0 aromatic rings. The lowest BCUT2D eigenvalue weighted by Gasteiger charge is -2.11. The summed E-state index contributed by atoms with van der Waals surface area (Å²) < 4.78 is 39.7. The predicted molar refractivity (Wildman–Crippen MR) is 33.4 cm³/mol. The molecule has 0 aromatic carbocycles. The number of rotatable bonds is 1. The van der Waals surface area contributed by atoms with Crippen molar-refractivity contribution in [1.29, 1.82) is 0 Å². The van der Waals surface area contributed by atoms with E-state index in [2.05, 4.69) is 0 Å². The molecule has 1 fully saturated rings. The molecule has 1 amide bonds. The summed E-state index contributed by atoms with van der Waals surface area (Å²) in [5, 5.41) is 1.83. The Labute approximate surface area is 66.9 Å². The smallest absolute Gasteiger partial charge is 0.379 e. The molecule has 1 heterocycles. The van der Waals surface area contributed by atoms with Gasteiger partial charge in [0.15, 0.2) is 0 Å². The molecule has 0 bridgehead atoms. The van der Waals surface area contributed by atoms with Crippen LogP contribution < -0.4 is 5.32 Å². The van der Waals surface area contributed by atoms with Crippen LogP contribution in [0.25, 0.3) is 0 Å². The summed E-state index contributed by atoms with van der Waals surface area (Å²) in [6.45, 7) is 0.574. The summed E-state index contributed by atoms with van der Waals surface area (Å²) in [6, 6.07) is -0.487. The Morgan fingerprint density at radius 1 is 1.50 bits per heavy atom. The van der Waals surface area contributed by atoms with E-state index < -0.39 is 18.1 Å². The SMILES string of the molecule is O=C(NC1CCOC1)C(F)(F)F. The highest BCUT2D eigenvalue weighted by molar-refractivity contribution is 5.81. The molecule has 1 aliphatic rings. The van der Waals surface area contributed by atoms with Crippen molar-refractivity contribution in [2.24, 2.45) is 0 Å². The van der Waals surface area contributed by atoms with Gasteiger partial charge in [0.25, 0.3) is 0 Å². The van der Waals surface area contributed by atoms with Gasteiger partial charge in [-0.3, -0.25) is 4.79 Å². The van der Waals surface area contributed by atoms with Crippen LogP contribution >= 0.6 is 0 Å². The van der Waals surface area contributed by atoms with Crippen molar-refractivity contribution >= 4 is 5.91 Å². The van der Waals surface area contributed by atoms with Crippen molar-refractivity contribution < 1.29 is 22.7 Å². The van der Waals surface area contributed by atoms with Gasteiger partial charge in [0, 0.05) is 6.61 Å². The highest BCUT2D eigenvalue weighted by Gasteiger charge is 2.40. The molecule has 1 saturated heterocycles. The molecule has 0 spiro atoms. The molecule has 3 nitrogen and oxygen atoms in total. The maximum atomic E-state index is 11.6. The number of nitrogens with one attached hydrogen (secondary N) is 1. The maximum absolute atomic E-state index is 11.6. The van der Waals surface area contributed by atoms with Crippen LogP contribution in [0, 0.1) is 0 Å². The van der Waals surface area contributed by atoms with Gasteiger partial charge < -0.3 is 10.1 Å². The highest BCUT2D eigenvalue weighted by atomic mass is 19.4. The van der Waals surface area contributed by atoms with Gasteiger partial charge >= 0.3 is 12.1 Å². The van der Waals surface area contributed by atoms with E-state index in [4.69, 9.17) is 4.74 Å². The molecule has 0 aromatic heterocycles. The number of hydrogen-bond donors (Lipinski definition) is 1. The van der Waals surface area contributed by atoms with E-state index in [0.29, 0.717) is 13.0 Å². The second-order valence-electron chi connectivity index (χ2n) is 2.53. The van der Waals surface area contributed by atoms with Gasteiger partial charge in [-0.25, -0.2) is 0 Å². The van der Waals surface area contributed by atoms with Crippen LogP contribution in [0.15, 0.2) is 0 Å². The second-order valence-corrected chi connectivity index (χ2v) is 2.53. The number of carbonyl (C=O) groups is 1. The molecule has 0 saturated carbocycles. The standard InChI is InChI=1S/C6H8F3NO2/c7-6(8,9)5(11)10-4-1-2-12-3-4/h4H,1-3H2,(H,10,11). The van der Waals surface area contributed by atoms with Crippen LogP contribution in [0.2, 0.25) is 0 Å². The zero-order valence-electron chi connectivity index (χ0n) is 6.15. The monoisotopic (exact) mass is 183 g/mol. The van der Waals surface area contributed by atoms with E-state index in [1.54, 1.807) is 0 Å². The summed E-state index contributed by atoms with van der Waals surface area (Å²) >= 11 is 0. The third kappa shape index (κ3) is 2.37. The average molecular weight is 183 g/mol. The van der Waals surface area contributed by atoms with Gasteiger partial charge in [-0.2, -0.15) is 13.2 Å². The number of carbonyl (C=O) groups excluding carboxylic acids is 1. The first-order valence-electron chi connectivity index (χ1n) is 3.45. The Kier molecular flexibility index (Phi) is 2.56. The summed E-state index contributed by atoms with van der Waals surface area (Å²) in [5.74, 6) is -1.89. The van der Waals surface area contributed by atoms with Gasteiger partial charge in [-0.05, 0) is 6.42 Å². The summed E-state index contributed by atoms with van der Waals surface area (Å²) in [4.78, 5) is 10.3. The molecular formula is C6H8F3NO2. The zero-order chi connectivity index (χ0) is 9.19. The van der Waals surface area contributed by atoms with Crippen LogP contribution in [0.3, 0.4) is 0 Å². The fraction of sp³-hybridized carbons (Fsp3) is 0.833. The number of alkyl halides is 3. The first kappa shape index (κ1) is 9.31. The van der Waals surface area contributed by atoms with E-state index in [9.17, 15) is 18.0 Å². The van der Waals surface area contributed by atoms with E-state index in [-0.39, 0.29) is 6.61 Å². The average Bonchev–Trinajstić information content (AvgIpc) is 2.37. The molecule has 0 aliphatic carbocycles. The topological polar surface area (TPSA) is 38.3 Å². The molecule has 12 heavy (non-hydrogen) atoms. The molecule has 1 unspecified atom stereocenters. The predicted octanol–water partition coefficient (Wildman–Crippen LogP) is 0.454. The number of hydrogen-bond acceptors (Lipinski definition) is 2. The summed E-state index contributed by atoms with van der Waals surface area (Å²) in [7, 11) is 0. The molecule has 1 aliphatic heterocycles. The summed E-state index contributed by atoms with van der Waals surface area (Å²) in [6.07, 6.45) is -4.34. The molecule has 1 rings (SSSR count). The fourth-order valence-electron chi connectivity index (χ4n) is 0.916. The maximum Gasteiger partial charge on any atom is 0.471 e. The molecule has 6 heteroatoms. The quantitative estimate of drug-likeness (QED) is 0.641. The lowest BCUT2D eigenvalue weighted by atomic mass is 10.2. The van der Waals surface area contributed by atoms with E-state index in [1.165, 1.54) is 0 Å². The Morgan fingerprint density at radius 3 is 2.58 bits per heavy atom. The third-order valence-corrected chi connectivity index (χ3v) is 1.52. The van der Waals surface area contributed by atoms with Gasteiger partial charge in [0.2, 0.25) is 0 Å². The van der Waals surface area contributed by atoms with Crippen molar-refractivity contribution in [2.45, 2.75) is 18.6 Å². The molecule has 1 N–H and O–H groups in total. The Balaban J connectivity index is 2.35. The molecule has 70 valence electrons. The summed E-state index contributed by atoms with van der Waals surface area (Å²) in [5.41, 5.74) is 0. The van der Waals surface area contributed by atoms with Gasteiger partial charge in [-0.1, -0.05) is 0 Å². The van der Waals surface area contributed by atoms with Gasteiger partial charge in [-0.15, -0.1) is 0 Å². The van der Waals surface area contributed by atoms with Crippen molar-refractivity contribution in [3.8, 4) is 0 Å². The third-order valence-electron chi connectivity index (χ3n) is 1.52. The first-order chi connectivity index (χ1) is 5.50. The lowest BCUT2D eigenvalue weighted by molar-refractivity contribution is -0.174. The zero-order valence-corrected chi connectivity index (χ0v) is 6.15. The Bertz CT molecular complexity index is 174. The first-order valence-corrected chi connectivity index (χ1v) is 3.45. The second kappa shape index (κ2) is 3.30. The van der Waals surface area contributed by atoms with Crippen molar-refractivity contribution in [2.75, 3.05) is 13.2 Å². The van der Waals surface area contributed by atoms with Crippen molar-refractivity contribution in [1.82, 2.24) is 5.32 Å². The van der Waals surface area contributed by atoms with E-state index in [0.717, 1.165) is 0 Å². The minimum Gasteiger partial charge on any atom is -0.379 e. The molecular weight excluding hydrogens is 175 g/mol. The van der Waals surface area contributed by atoms with Crippen LogP contribution in [0.1, 0.15) is 6.42 Å². The van der Waals surface area contributed by atoms with Crippen molar-refractivity contribution in [3.05, 3.63) is 0 Å². The Hall–Kier alpha value is -0.780. The molecule has 0 radical (unpaired) electrons. The fourth-order valence-corrected chi connectivity index (χ4v) is 0.916. The minimum absolute atomic E-state index is 0.168. The minimum atomic E-state index is -4.79. The largest absolute Gasteiger partial charge is 0.471 e. The Morgan fingerprint density at radius 2 is 2.17 bits per heavy atom. The number of ether oxygens (including phenoxy) is 1. The van der Waals surface area contributed by atoms with Crippen LogP contribution in [0.5, 0.6) is 0 Å². The lowest BCUT2D eigenvalue weighted by Crippen LogP contribution is -2.43. The normalized spacial score (nSPS) is 24.1. The van der Waals surface area contributed by atoms with Gasteiger partial charge in [0.05, 0.1) is 12.6 Å². The highest BCUT2D eigenvalue weighted by Crippen LogP contribution is 2.15. The molecule has 1 atom stereocenters. The van der Waals surface area contributed by atoms with E-state index in [1.807, 2.05) is 5.32 Å². The van der Waals surface area contributed by atoms with E-state index >= 15 is 0 Å². The van der Waals surface area contributed by atoms with Crippen LogP contribution in [-0.2, 0) is 9.53 Å².